The molecule has 1 rings (SSSR count). The van der Waals surface area contributed by atoms with Crippen LogP contribution in [-0.2, 0) is 14.8 Å². The van der Waals surface area contributed by atoms with Crippen LogP contribution in [0.3, 0.4) is 0 Å². The van der Waals surface area contributed by atoms with E-state index in [2.05, 4.69) is 10.1 Å². The van der Waals surface area contributed by atoms with Gasteiger partial charge in [-0.3, -0.25) is 16.0 Å². The second-order valence-electron chi connectivity index (χ2n) is 3.82. The Morgan fingerprint density at radius 2 is 2.15 bits per heavy atom. The Balaban J connectivity index is 2.93. The summed E-state index contributed by atoms with van der Waals surface area (Å²) in [6, 6.07) is 3.34. The van der Waals surface area contributed by atoms with E-state index in [0.717, 1.165) is 18.2 Å². The molecule has 10 heteroatoms. The van der Waals surface area contributed by atoms with Gasteiger partial charge >= 0.3 is 0 Å². The van der Waals surface area contributed by atoms with E-state index in [0.29, 0.717) is 13.0 Å². The van der Waals surface area contributed by atoms with Crippen LogP contribution in [-0.4, -0.2) is 33.6 Å². The highest BCUT2D eigenvalue weighted by Crippen LogP contribution is 2.26. The number of hydrazine groups is 1. The molecule has 0 aliphatic rings. The van der Waals surface area contributed by atoms with Gasteiger partial charge in [-0.25, -0.2) is 13.1 Å². The summed E-state index contributed by atoms with van der Waals surface area (Å²) in [4.78, 5) is 9.96. The third kappa shape index (κ3) is 4.13. The first-order valence-corrected chi connectivity index (χ1v) is 7.14. The summed E-state index contributed by atoms with van der Waals surface area (Å²) < 4.78 is 31.1. The van der Waals surface area contributed by atoms with Crippen LogP contribution >= 0.6 is 0 Å². The van der Waals surface area contributed by atoms with Crippen LogP contribution < -0.4 is 16.0 Å². The van der Waals surface area contributed by atoms with Gasteiger partial charge in [0.1, 0.15) is 5.69 Å². The Hall–Kier alpha value is -1.75. The Bertz CT molecular complexity index is 575. The Kier molecular flexibility index (Phi) is 5.82. The zero-order valence-corrected chi connectivity index (χ0v) is 11.6. The minimum Gasteiger partial charge on any atom is -0.385 e. The van der Waals surface area contributed by atoms with Gasteiger partial charge in [0.05, 0.1) is 9.82 Å². The number of rotatable bonds is 8. The maximum atomic E-state index is 12.0. The van der Waals surface area contributed by atoms with Crippen molar-refractivity contribution in [2.75, 3.05) is 25.7 Å². The summed E-state index contributed by atoms with van der Waals surface area (Å²) in [5.74, 6) is 5.15. The first-order valence-electron chi connectivity index (χ1n) is 5.66. The maximum Gasteiger partial charge on any atom is 0.293 e. The van der Waals surface area contributed by atoms with Crippen LogP contribution in [0.15, 0.2) is 23.1 Å². The third-order valence-corrected chi connectivity index (χ3v) is 3.91. The maximum absolute atomic E-state index is 12.0. The van der Waals surface area contributed by atoms with E-state index in [1.807, 2.05) is 0 Å². The Morgan fingerprint density at radius 1 is 1.45 bits per heavy atom. The largest absolute Gasteiger partial charge is 0.385 e. The van der Waals surface area contributed by atoms with Crippen molar-refractivity contribution in [3.8, 4) is 0 Å². The molecule has 0 spiro atoms. The van der Waals surface area contributed by atoms with Crippen molar-refractivity contribution in [1.29, 1.82) is 0 Å². The molecule has 0 bridgehead atoms. The fourth-order valence-corrected chi connectivity index (χ4v) is 2.56. The fraction of sp³-hybridized carbons (Fsp3) is 0.400. The number of nitrogen functional groups attached to an aromatic ring is 1. The van der Waals surface area contributed by atoms with E-state index < -0.39 is 14.9 Å². The van der Waals surface area contributed by atoms with Crippen molar-refractivity contribution in [2.45, 2.75) is 11.3 Å². The lowest BCUT2D eigenvalue weighted by atomic mass is 10.3. The number of hydrogen-bond acceptors (Lipinski definition) is 7. The average Bonchev–Trinajstić information content (AvgIpc) is 2.42. The number of nitrogens with one attached hydrogen (secondary N) is 2. The van der Waals surface area contributed by atoms with Crippen LogP contribution in [0.4, 0.5) is 11.4 Å². The molecule has 0 saturated carbocycles. The van der Waals surface area contributed by atoms with Gasteiger partial charge in [0.25, 0.3) is 5.69 Å². The molecule has 0 atom stereocenters. The van der Waals surface area contributed by atoms with Crippen molar-refractivity contribution in [1.82, 2.24) is 4.72 Å². The molecule has 0 heterocycles. The predicted octanol–water partition coefficient (Wildman–Crippen LogP) is 0.195. The number of anilines is 1. The van der Waals surface area contributed by atoms with Crippen LogP contribution in [0.25, 0.3) is 0 Å². The molecule has 4 N–H and O–H groups in total. The molecule has 0 saturated heterocycles. The third-order valence-electron chi connectivity index (χ3n) is 2.45. The fourth-order valence-electron chi connectivity index (χ4n) is 1.46. The first kappa shape index (κ1) is 16.3. The minimum atomic E-state index is -3.74. The van der Waals surface area contributed by atoms with Gasteiger partial charge < -0.3 is 10.2 Å². The van der Waals surface area contributed by atoms with Crippen molar-refractivity contribution < 1.29 is 18.1 Å². The van der Waals surface area contributed by atoms with E-state index in [1.54, 1.807) is 0 Å². The van der Waals surface area contributed by atoms with Crippen LogP contribution in [0.1, 0.15) is 6.42 Å². The molecule has 0 aliphatic carbocycles. The molecule has 1 aromatic rings. The highest BCUT2D eigenvalue weighted by Gasteiger charge is 2.19. The van der Waals surface area contributed by atoms with Crippen molar-refractivity contribution in [2.24, 2.45) is 5.84 Å². The summed E-state index contributed by atoms with van der Waals surface area (Å²) in [6.45, 7) is 0.636. The number of methoxy groups -OCH3 is 1. The normalized spacial score (nSPS) is 11.3. The quantitative estimate of drug-likeness (QED) is 0.270. The lowest BCUT2D eigenvalue weighted by Gasteiger charge is -2.08. The van der Waals surface area contributed by atoms with Gasteiger partial charge in [0, 0.05) is 26.3 Å². The summed E-state index contributed by atoms with van der Waals surface area (Å²) in [7, 11) is -2.22. The molecular formula is C10H16N4O5S. The van der Waals surface area contributed by atoms with Gasteiger partial charge in [-0.15, -0.1) is 0 Å². The van der Waals surface area contributed by atoms with Gasteiger partial charge in [0.15, 0.2) is 0 Å². The van der Waals surface area contributed by atoms with Crippen molar-refractivity contribution in [3.05, 3.63) is 28.3 Å². The standard InChI is InChI=1S/C10H16N4O5S/c1-19-6-2-5-12-20(17,18)8-3-4-10(14(15)16)9(7-8)13-11/h3-4,7,12-13H,2,5-6,11H2,1H3. The van der Waals surface area contributed by atoms with Gasteiger partial charge in [-0.1, -0.05) is 0 Å². The lowest BCUT2D eigenvalue weighted by molar-refractivity contribution is -0.384. The van der Waals surface area contributed by atoms with Gasteiger partial charge in [0.2, 0.25) is 10.0 Å². The smallest absolute Gasteiger partial charge is 0.293 e. The zero-order chi connectivity index (χ0) is 15.2. The molecular weight excluding hydrogens is 288 g/mol. The second-order valence-corrected chi connectivity index (χ2v) is 5.59. The summed E-state index contributed by atoms with van der Waals surface area (Å²) in [5, 5.41) is 10.7. The molecule has 20 heavy (non-hydrogen) atoms. The summed E-state index contributed by atoms with van der Waals surface area (Å²) in [5.41, 5.74) is 1.74. The molecule has 0 radical (unpaired) electrons. The van der Waals surface area contributed by atoms with E-state index in [9.17, 15) is 18.5 Å². The number of nitro benzene ring substituents is 1. The van der Waals surface area contributed by atoms with E-state index >= 15 is 0 Å². The zero-order valence-electron chi connectivity index (χ0n) is 10.8. The van der Waals surface area contributed by atoms with Crippen LogP contribution in [0, 0.1) is 10.1 Å². The monoisotopic (exact) mass is 304 g/mol. The molecule has 0 amide bonds. The molecule has 112 valence electrons. The lowest BCUT2D eigenvalue weighted by Crippen LogP contribution is -2.25. The highest BCUT2D eigenvalue weighted by molar-refractivity contribution is 7.89. The first-order chi connectivity index (χ1) is 9.42. The minimum absolute atomic E-state index is 0.0743. The van der Waals surface area contributed by atoms with E-state index in [1.165, 1.54) is 7.11 Å². The number of nitro groups is 1. The number of nitrogens with zero attached hydrogens (tertiary/aromatic N) is 1. The Labute approximate surface area is 116 Å². The molecule has 0 aromatic heterocycles. The second kappa shape index (κ2) is 7.14. The van der Waals surface area contributed by atoms with Crippen molar-refractivity contribution >= 4 is 21.4 Å². The van der Waals surface area contributed by atoms with E-state index in [-0.39, 0.29) is 22.8 Å². The molecule has 9 nitrogen and oxygen atoms in total. The van der Waals surface area contributed by atoms with Crippen LogP contribution in [0.5, 0.6) is 0 Å². The van der Waals surface area contributed by atoms with Gasteiger partial charge in [-0.05, 0) is 18.6 Å². The number of ether oxygens (including phenoxy) is 1. The number of nitrogens with two attached hydrogens (primary N) is 1. The van der Waals surface area contributed by atoms with Crippen molar-refractivity contribution in [3.63, 3.8) is 0 Å². The van der Waals surface area contributed by atoms with E-state index in [4.69, 9.17) is 10.6 Å². The summed E-state index contributed by atoms with van der Waals surface area (Å²) in [6.07, 6.45) is 0.519. The Morgan fingerprint density at radius 3 is 2.70 bits per heavy atom. The topological polar surface area (TPSA) is 137 Å². The number of benzene rings is 1. The molecule has 0 fully saturated rings. The summed E-state index contributed by atoms with van der Waals surface area (Å²) >= 11 is 0. The van der Waals surface area contributed by atoms with Crippen LogP contribution in [0.2, 0.25) is 0 Å². The average molecular weight is 304 g/mol. The number of hydrogen-bond donors (Lipinski definition) is 3. The SMILES string of the molecule is COCCCNS(=O)(=O)c1ccc([N+](=O)[O-])c(NN)c1. The number of sulfonamides is 1. The molecule has 0 aliphatic heterocycles. The predicted molar refractivity (Wildman–Crippen MR) is 72.6 cm³/mol. The highest BCUT2D eigenvalue weighted by atomic mass is 32.2. The van der Waals surface area contributed by atoms with Gasteiger partial charge in [-0.2, -0.15) is 0 Å². The molecule has 1 aromatic carbocycles. The molecule has 0 unspecified atom stereocenters.